The van der Waals surface area contributed by atoms with E-state index in [1.54, 1.807) is 0 Å². The van der Waals surface area contributed by atoms with E-state index < -0.39 is 0 Å². The molecule has 0 spiro atoms. The van der Waals surface area contributed by atoms with Crippen molar-refractivity contribution in [1.29, 1.82) is 0 Å². The highest BCUT2D eigenvalue weighted by atomic mass is 15.3. The number of rotatable bonds is 4. The lowest BCUT2D eigenvalue weighted by Gasteiger charge is -2.24. The Morgan fingerprint density at radius 3 is 2.83 bits per heavy atom. The first-order valence-electron chi connectivity index (χ1n) is 9.91. The summed E-state index contributed by atoms with van der Waals surface area (Å²) in [7, 11) is 0. The lowest BCUT2D eigenvalue weighted by Crippen LogP contribution is -2.25. The van der Waals surface area contributed by atoms with Crippen molar-refractivity contribution in [3.8, 4) is 16.9 Å². The number of aromatic nitrogens is 5. The first-order valence-corrected chi connectivity index (χ1v) is 9.91. The van der Waals surface area contributed by atoms with Crippen molar-refractivity contribution < 1.29 is 0 Å². The molecule has 4 aromatic rings. The topological polar surface area (TPSA) is 59.7 Å². The standard InChI is InChI=1S/C23H22N6/c1-17-6-4-7-19(14-17)29-16-18(15-26-29)20-10-12-25-23(27-20)28-13-5-9-22(28)21-8-2-3-11-24-21/h2-4,6-8,10-12,14-16,22H,5,9,13H2,1H3/t22-/m1/s1. The van der Waals surface area contributed by atoms with Gasteiger partial charge >= 0.3 is 0 Å². The Bertz CT molecular complexity index is 1120. The number of anilines is 1. The third-order valence-electron chi connectivity index (χ3n) is 5.33. The van der Waals surface area contributed by atoms with Crippen LogP contribution in [0.3, 0.4) is 0 Å². The molecule has 1 aliphatic heterocycles. The summed E-state index contributed by atoms with van der Waals surface area (Å²) in [4.78, 5) is 16.2. The van der Waals surface area contributed by atoms with Crippen LogP contribution in [0.4, 0.5) is 5.95 Å². The lowest BCUT2D eigenvalue weighted by atomic mass is 10.1. The molecule has 29 heavy (non-hydrogen) atoms. The van der Waals surface area contributed by atoms with Crippen molar-refractivity contribution in [2.24, 2.45) is 0 Å². The molecule has 1 atom stereocenters. The Morgan fingerprint density at radius 1 is 1.00 bits per heavy atom. The highest BCUT2D eigenvalue weighted by Gasteiger charge is 2.29. The van der Waals surface area contributed by atoms with E-state index in [0.717, 1.165) is 48.0 Å². The number of pyridine rings is 1. The molecule has 1 aliphatic rings. The number of nitrogens with zero attached hydrogens (tertiary/aromatic N) is 6. The van der Waals surface area contributed by atoms with Crippen LogP contribution in [0.1, 0.15) is 30.1 Å². The summed E-state index contributed by atoms with van der Waals surface area (Å²) in [5, 5.41) is 4.53. The first-order chi connectivity index (χ1) is 14.3. The van der Waals surface area contributed by atoms with Gasteiger partial charge in [-0.1, -0.05) is 18.2 Å². The number of benzene rings is 1. The minimum Gasteiger partial charge on any atom is -0.332 e. The Kier molecular flexibility index (Phi) is 4.52. The van der Waals surface area contributed by atoms with E-state index >= 15 is 0 Å². The SMILES string of the molecule is Cc1cccc(-n2cc(-c3ccnc(N4CCC[C@@H]4c4ccccn4)n3)cn2)c1. The van der Waals surface area contributed by atoms with Gasteiger partial charge in [0.25, 0.3) is 0 Å². The second-order valence-corrected chi connectivity index (χ2v) is 7.36. The van der Waals surface area contributed by atoms with Crippen LogP contribution in [0.5, 0.6) is 0 Å². The van der Waals surface area contributed by atoms with Gasteiger partial charge in [0, 0.05) is 30.7 Å². The molecule has 0 radical (unpaired) electrons. The molecular formula is C23H22N6. The molecule has 6 nitrogen and oxygen atoms in total. The van der Waals surface area contributed by atoms with Gasteiger partial charge < -0.3 is 4.90 Å². The number of aryl methyl sites for hydroxylation is 1. The number of hydrogen-bond acceptors (Lipinski definition) is 5. The van der Waals surface area contributed by atoms with Crippen LogP contribution in [0, 0.1) is 6.92 Å². The van der Waals surface area contributed by atoms with Gasteiger partial charge in [-0.3, -0.25) is 4.98 Å². The highest BCUT2D eigenvalue weighted by molar-refractivity contribution is 5.59. The van der Waals surface area contributed by atoms with Crippen LogP contribution >= 0.6 is 0 Å². The molecule has 1 saturated heterocycles. The lowest BCUT2D eigenvalue weighted by molar-refractivity contribution is 0.680. The van der Waals surface area contributed by atoms with Gasteiger partial charge in [0.05, 0.1) is 29.3 Å². The molecule has 3 aromatic heterocycles. The molecule has 4 heterocycles. The summed E-state index contributed by atoms with van der Waals surface area (Å²) < 4.78 is 1.89. The van der Waals surface area contributed by atoms with Gasteiger partial charge in [-0.05, 0) is 55.7 Å². The van der Waals surface area contributed by atoms with Gasteiger partial charge in [0.15, 0.2) is 0 Å². The van der Waals surface area contributed by atoms with Crippen LogP contribution in [0.15, 0.2) is 73.3 Å². The smallest absolute Gasteiger partial charge is 0.226 e. The van der Waals surface area contributed by atoms with Crippen molar-refractivity contribution in [3.05, 3.63) is 84.6 Å². The zero-order valence-corrected chi connectivity index (χ0v) is 16.3. The van der Waals surface area contributed by atoms with E-state index in [1.165, 1.54) is 5.56 Å². The quantitative estimate of drug-likeness (QED) is 0.524. The third kappa shape index (κ3) is 3.49. The Morgan fingerprint density at radius 2 is 1.97 bits per heavy atom. The molecule has 144 valence electrons. The summed E-state index contributed by atoms with van der Waals surface area (Å²) in [6.07, 6.45) is 9.73. The van der Waals surface area contributed by atoms with Crippen LogP contribution in [0.25, 0.3) is 16.9 Å². The minimum absolute atomic E-state index is 0.224. The van der Waals surface area contributed by atoms with Crippen LogP contribution in [0.2, 0.25) is 0 Å². The van der Waals surface area contributed by atoms with Crippen molar-refractivity contribution in [2.75, 3.05) is 11.4 Å². The summed E-state index contributed by atoms with van der Waals surface area (Å²) in [5.41, 5.74) is 5.18. The van der Waals surface area contributed by atoms with Crippen molar-refractivity contribution >= 4 is 5.95 Å². The number of hydrogen-bond donors (Lipinski definition) is 0. The molecule has 0 saturated carbocycles. The van der Waals surface area contributed by atoms with Crippen LogP contribution < -0.4 is 4.90 Å². The van der Waals surface area contributed by atoms with Gasteiger partial charge in [-0.15, -0.1) is 0 Å². The fourth-order valence-electron chi connectivity index (χ4n) is 3.90. The van der Waals surface area contributed by atoms with E-state index in [9.17, 15) is 0 Å². The van der Waals surface area contributed by atoms with E-state index in [4.69, 9.17) is 4.98 Å². The molecular weight excluding hydrogens is 360 g/mol. The van der Waals surface area contributed by atoms with Crippen LogP contribution in [-0.2, 0) is 0 Å². The highest BCUT2D eigenvalue weighted by Crippen LogP contribution is 2.34. The van der Waals surface area contributed by atoms with E-state index in [0.29, 0.717) is 0 Å². The van der Waals surface area contributed by atoms with Gasteiger partial charge in [-0.2, -0.15) is 5.10 Å². The normalized spacial score (nSPS) is 16.3. The molecule has 0 bridgehead atoms. The zero-order chi connectivity index (χ0) is 19.6. The fraction of sp³-hybridized carbons (Fsp3) is 0.217. The van der Waals surface area contributed by atoms with Crippen molar-refractivity contribution in [3.63, 3.8) is 0 Å². The summed E-state index contributed by atoms with van der Waals surface area (Å²) in [6, 6.07) is 16.5. The third-order valence-corrected chi connectivity index (χ3v) is 5.33. The second-order valence-electron chi connectivity index (χ2n) is 7.36. The Hall–Kier alpha value is -3.54. The summed E-state index contributed by atoms with van der Waals surface area (Å²) in [6.45, 7) is 3.02. The van der Waals surface area contributed by atoms with E-state index in [1.807, 2.05) is 53.7 Å². The first kappa shape index (κ1) is 17.6. The molecule has 1 aromatic carbocycles. The van der Waals surface area contributed by atoms with Gasteiger partial charge in [0.1, 0.15) is 0 Å². The second kappa shape index (κ2) is 7.47. The largest absolute Gasteiger partial charge is 0.332 e. The Labute approximate surface area is 169 Å². The maximum atomic E-state index is 4.86. The molecule has 0 N–H and O–H groups in total. The van der Waals surface area contributed by atoms with E-state index in [-0.39, 0.29) is 6.04 Å². The van der Waals surface area contributed by atoms with Crippen LogP contribution in [-0.4, -0.2) is 31.3 Å². The predicted molar refractivity (Wildman–Crippen MR) is 113 cm³/mol. The predicted octanol–water partition coefficient (Wildman–Crippen LogP) is 4.37. The fourth-order valence-corrected chi connectivity index (χ4v) is 3.90. The molecule has 6 heteroatoms. The average molecular weight is 382 g/mol. The Balaban J connectivity index is 1.45. The van der Waals surface area contributed by atoms with E-state index in [2.05, 4.69) is 51.2 Å². The minimum atomic E-state index is 0.224. The molecule has 1 fully saturated rings. The summed E-state index contributed by atoms with van der Waals surface area (Å²) in [5.74, 6) is 0.749. The molecule has 0 unspecified atom stereocenters. The summed E-state index contributed by atoms with van der Waals surface area (Å²) >= 11 is 0. The monoisotopic (exact) mass is 382 g/mol. The van der Waals surface area contributed by atoms with Crippen molar-refractivity contribution in [2.45, 2.75) is 25.8 Å². The molecule has 0 aliphatic carbocycles. The molecule has 0 amide bonds. The van der Waals surface area contributed by atoms with Crippen molar-refractivity contribution in [1.82, 2.24) is 24.7 Å². The zero-order valence-electron chi connectivity index (χ0n) is 16.3. The van der Waals surface area contributed by atoms with Gasteiger partial charge in [-0.25, -0.2) is 14.6 Å². The average Bonchev–Trinajstić information content (AvgIpc) is 3.45. The maximum absolute atomic E-state index is 4.86. The molecule has 5 rings (SSSR count). The maximum Gasteiger partial charge on any atom is 0.226 e. The van der Waals surface area contributed by atoms with Gasteiger partial charge in [0.2, 0.25) is 5.95 Å².